The Morgan fingerprint density at radius 2 is 1.68 bits per heavy atom. The van der Waals surface area contributed by atoms with E-state index in [9.17, 15) is 9.59 Å². The first-order chi connectivity index (χ1) is 10.3. The van der Waals surface area contributed by atoms with E-state index >= 15 is 0 Å². The molecule has 4 nitrogen and oxygen atoms in total. The summed E-state index contributed by atoms with van der Waals surface area (Å²) in [7, 11) is 0. The fourth-order valence-electron chi connectivity index (χ4n) is 3.50. The first-order valence-corrected chi connectivity index (χ1v) is 8.69. The summed E-state index contributed by atoms with van der Waals surface area (Å²) in [6.45, 7) is 9.76. The molecule has 1 rings (SSSR count). The maximum absolute atomic E-state index is 12.3. The first-order valence-electron chi connectivity index (χ1n) is 8.69. The predicted octanol–water partition coefficient (Wildman–Crippen LogP) is 4.26. The number of cyclic esters (lactones) is 1. The number of rotatable bonds is 9. The molecular formula is C18H32O4. The fraction of sp³-hybridized carbons (Fsp3) is 0.889. The molecule has 0 aliphatic carbocycles. The molecule has 0 aromatic carbocycles. The van der Waals surface area contributed by atoms with Crippen LogP contribution in [-0.4, -0.2) is 24.1 Å². The van der Waals surface area contributed by atoms with Crippen molar-refractivity contribution < 1.29 is 19.1 Å². The summed E-state index contributed by atoms with van der Waals surface area (Å²) in [5.41, 5.74) is -1.55. The minimum absolute atomic E-state index is 0.293. The van der Waals surface area contributed by atoms with Crippen LogP contribution in [-0.2, 0) is 19.1 Å². The Hall–Kier alpha value is -1.06. The van der Waals surface area contributed by atoms with Gasteiger partial charge in [0.15, 0.2) is 0 Å². The van der Waals surface area contributed by atoms with Crippen LogP contribution >= 0.6 is 0 Å². The lowest BCUT2D eigenvalue weighted by molar-refractivity contribution is -0.157. The molecule has 1 heterocycles. The number of unbranched alkanes of at least 4 members (excludes halogenated alkanes) is 5. The SMILES string of the molecule is CCCCCCCC[C@]1(C)OC(=O)C(C)(C)[C@H]1C(=O)OCC. The maximum atomic E-state index is 12.3. The van der Waals surface area contributed by atoms with Crippen molar-refractivity contribution >= 4 is 11.9 Å². The summed E-state index contributed by atoms with van der Waals surface area (Å²) in [5.74, 6) is -1.13. The van der Waals surface area contributed by atoms with Crippen molar-refractivity contribution in [3.63, 3.8) is 0 Å². The van der Waals surface area contributed by atoms with Crippen molar-refractivity contribution in [3.05, 3.63) is 0 Å². The summed E-state index contributed by atoms with van der Waals surface area (Å²) in [6, 6.07) is 0. The van der Waals surface area contributed by atoms with E-state index in [1.54, 1.807) is 20.8 Å². The Kier molecular flexibility index (Phi) is 6.89. The minimum Gasteiger partial charge on any atom is -0.466 e. The van der Waals surface area contributed by atoms with Crippen LogP contribution in [0, 0.1) is 11.3 Å². The van der Waals surface area contributed by atoms with E-state index in [-0.39, 0.29) is 11.9 Å². The molecule has 1 saturated heterocycles. The van der Waals surface area contributed by atoms with Crippen LogP contribution in [0.15, 0.2) is 0 Å². The van der Waals surface area contributed by atoms with Gasteiger partial charge in [0.05, 0.1) is 12.0 Å². The molecule has 1 aliphatic heterocycles. The van der Waals surface area contributed by atoms with E-state index in [2.05, 4.69) is 6.92 Å². The van der Waals surface area contributed by atoms with Gasteiger partial charge in [0.1, 0.15) is 11.5 Å². The zero-order chi connectivity index (χ0) is 16.8. The van der Waals surface area contributed by atoms with Crippen molar-refractivity contribution in [1.82, 2.24) is 0 Å². The van der Waals surface area contributed by atoms with Crippen LogP contribution in [0.3, 0.4) is 0 Å². The van der Waals surface area contributed by atoms with Gasteiger partial charge in [0.2, 0.25) is 0 Å². The van der Waals surface area contributed by atoms with Crippen molar-refractivity contribution in [2.24, 2.45) is 11.3 Å². The van der Waals surface area contributed by atoms with E-state index in [1.165, 1.54) is 25.7 Å². The Balaban J connectivity index is 2.67. The quantitative estimate of drug-likeness (QED) is 0.471. The normalized spacial score (nSPS) is 26.8. The summed E-state index contributed by atoms with van der Waals surface area (Å²) < 4.78 is 10.8. The number of ether oxygens (including phenoxy) is 2. The van der Waals surface area contributed by atoms with Gasteiger partial charge < -0.3 is 9.47 Å². The summed E-state index contributed by atoms with van der Waals surface area (Å²) in [5, 5.41) is 0. The zero-order valence-electron chi connectivity index (χ0n) is 14.9. The fourth-order valence-corrected chi connectivity index (χ4v) is 3.50. The second-order valence-electron chi connectivity index (χ2n) is 7.13. The monoisotopic (exact) mass is 312 g/mol. The highest BCUT2D eigenvalue weighted by molar-refractivity contribution is 5.89. The van der Waals surface area contributed by atoms with Gasteiger partial charge in [-0.25, -0.2) is 0 Å². The molecule has 1 aliphatic rings. The van der Waals surface area contributed by atoms with Crippen molar-refractivity contribution in [2.75, 3.05) is 6.61 Å². The number of carbonyl (C=O) groups is 2. The van der Waals surface area contributed by atoms with E-state index in [1.807, 2.05) is 6.92 Å². The van der Waals surface area contributed by atoms with Crippen molar-refractivity contribution in [1.29, 1.82) is 0 Å². The summed E-state index contributed by atoms with van der Waals surface area (Å²) >= 11 is 0. The molecule has 1 fully saturated rings. The Morgan fingerprint density at radius 1 is 1.09 bits per heavy atom. The van der Waals surface area contributed by atoms with Crippen LogP contribution in [0.2, 0.25) is 0 Å². The third kappa shape index (κ3) is 4.23. The van der Waals surface area contributed by atoms with Gasteiger partial charge in [0.25, 0.3) is 0 Å². The molecule has 128 valence electrons. The van der Waals surface area contributed by atoms with Crippen molar-refractivity contribution in [2.45, 2.75) is 85.2 Å². The van der Waals surface area contributed by atoms with Gasteiger partial charge >= 0.3 is 11.9 Å². The topological polar surface area (TPSA) is 52.6 Å². The molecule has 0 aromatic heterocycles. The highest BCUT2D eigenvalue weighted by atomic mass is 16.6. The first kappa shape index (κ1) is 19.0. The van der Waals surface area contributed by atoms with Crippen LogP contribution in [0.1, 0.15) is 79.6 Å². The van der Waals surface area contributed by atoms with E-state index < -0.39 is 16.9 Å². The molecule has 0 aromatic rings. The van der Waals surface area contributed by atoms with Crippen molar-refractivity contribution in [3.8, 4) is 0 Å². The minimum atomic E-state index is -0.816. The second-order valence-corrected chi connectivity index (χ2v) is 7.13. The molecule has 0 amide bonds. The lowest BCUT2D eigenvalue weighted by Gasteiger charge is -2.31. The van der Waals surface area contributed by atoms with E-state index in [0.717, 1.165) is 19.3 Å². The second kappa shape index (κ2) is 7.98. The molecule has 2 atom stereocenters. The largest absolute Gasteiger partial charge is 0.466 e. The zero-order valence-corrected chi connectivity index (χ0v) is 14.9. The molecule has 0 saturated carbocycles. The number of carbonyl (C=O) groups excluding carboxylic acids is 2. The van der Waals surface area contributed by atoms with E-state index in [4.69, 9.17) is 9.47 Å². The molecule has 0 bridgehead atoms. The molecule has 0 N–H and O–H groups in total. The maximum Gasteiger partial charge on any atom is 0.314 e. The number of hydrogen-bond acceptors (Lipinski definition) is 4. The highest BCUT2D eigenvalue weighted by Crippen LogP contribution is 2.48. The molecule has 22 heavy (non-hydrogen) atoms. The standard InChI is InChI=1S/C18H32O4/c1-6-8-9-10-11-12-13-18(5)14(15(19)21-7-2)17(3,4)16(20)22-18/h14H,6-13H2,1-5H3/t14-,18+/m1/s1. The third-order valence-electron chi connectivity index (χ3n) is 4.73. The predicted molar refractivity (Wildman–Crippen MR) is 86.4 cm³/mol. The average molecular weight is 312 g/mol. The van der Waals surface area contributed by atoms with Gasteiger partial charge in [0, 0.05) is 0 Å². The molecule has 0 spiro atoms. The van der Waals surface area contributed by atoms with E-state index in [0.29, 0.717) is 6.61 Å². The van der Waals surface area contributed by atoms with Gasteiger partial charge in [-0.05, 0) is 40.5 Å². The number of esters is 2. The van der Waals surface area contributed by atoms with Gasteiger partial charge in [-0.2, -0.15) is 0 Å². The lowest BCUT2D eigenvalue weighted by atomic mass is 9.71. The van der Waals surface area contributed by atoms with Gasteiger partial charge in [-0.15, -0.1) is 0 Å². The summed E-state index contributed by atoms with van der Waals surface area (Å²) in [4.78, 5) is 24.5. The Labute approximate surface area is 134 Å². The highest BCUT2D eigenvalue weighted by Gasteiger charge is 2.61. The molecule has 0 radical (unpaired) electrons. The molecular weight excluding hydrogens is 280 g/mol. The molecule has 0 unspecified atom stereocenters. The average Bonchev–Trinajstić information content (AvgIpc) is 2.60. The lowest BCUT2D eigenvalue weighted by Crippen LogP contribution is -2.43. The number of hydrogen-bond donors (Lipinski definition) is 0. The van der Waals surface area contributed by atoms with Crippen LogP contribution in [0.4, 0.5) is 0 Å². The Morgan fingerprint density at radius 3 is 2.27 bits per heavy atom. The molecule has 4 heteroatoms. The third-order valence-corrected chi connectivity index (χ3v) is 4.73. The Bertz CT molecular complexity index is 389. The van der Waals surface area contributed by atoms with Crippen LogP contribution in [0.25, 0.3) is 0 Å². The van der Waals surface area contributed by atoms with Gasteiger partial charge in [-0.1, -0.05) is 39.0 Å². The van der Waals surface area contributed by atoms with Crippen LogP contribution in [0.5, 0.6) is 0 Å². The van der Waals surface area contributed by atoms with Crippen LogP contribution < -0.4 is 0 Å². The summed E-state index contributed by atoms with van der Waals surface area (Å²) in [6.07, 6.45) is 7.75. The van der Waals surface area contributed by atoms with Gasteiger partial charge in [-0.3, -0.25) is 9.59 Å². The smallest absolute Gasteiger partial charge is 0.314 e.